The van der Waals surface area contributed by atoms with E-state index in [0.717, 1.165) is 17.4 Å². The molecule has 2 rings (SSSR count). The van der Waals surface area contributed by atoms with Crippen LogP contribution in [-0.2, 0) is 4.79 Å². The standard InChI is InChI=1S/C8H11N3O4/c12-6(13)3-5(4-1-2-4)11-7(14)9-10-8(11)15/h4-5H,1-3H2,(H,9,14)(H,10,15)(H,12,13). The van der Waals surface area contributed by atoms with Crippen LogP contribution in [0, 0.1) is 5.92 Å². The summed E-state index contributed by atoms with van der Waals surface area (Å²) in [4.78, 5) is 33.2. The largest absolute Gasteiger partial charge is 0.481 e. The first-order chi connectivity index (χ1) is 7.09. The molecule has 0 amide bonds. The number of carbonyl (C=O) groups is 1. The lowest BCUT2D eigenvalue weighted by Gasteiger charge is -2.12. The van der Waals surface area contributed by atoms with Gasteiger partial charge in [-0.25, -0.2) is 24.4 Å². The topological polar surface area (TPSA) is 108 Å². The van der Waals surface area contributed by atoms with Crippen molar-refractivity contribution in [2.24, 2.45) is 5.92 Å². The third-order valence-electron chi connectivity index (χ3n) is 2.60. The minimum atomic E-state index is -1.00. The van der Waals surface area contributed by atoms with Crippen LogP contribution in [0.25, 0.3) is 0 Å². The molecule has 1 heterocycles. The van der Waals surface area contributed by atoms with Crippen molar-refractivity contribution >= 4 is 5.97 Å². The van der Waals surface area contributed by atoms with E-state index < -0.39 is 23.4 Å². The predicted molar refractivity (Wildman–Crippen MR) is 49.7 cm³/mol. The Labute approximate surface area is 83.7 Å². The van der Waals surface area contributed by atoms with Crippen molar-refractivity contribution in [1.29, 1.82) is 0 Å². The van der Waals surface area contributed by atoms with Gasteiger partial charge >= 0.3 is 17.3 Å². The maximum Gasteiger partial charge on any atom is 0.344 e. The number of aromatic amines is 2. The van der Waals surface area contributed by atoms with Gasteiger partial charge in [0.05, 0.1) is 12.5 Å². The fourth-order valence-electron chi connectivity index (χ4n) is 1.75. The van der Waals surface area contributed by atoms with Crippen molar-refractivity contribution in [1.82, 2.24) is 14.8 Å². The van der Waals surface area contributed by atoms with E-state index in [1.807, 2.05) is 0 Å². The lowest BCUT2D eigenvalue weighted by Crippen LogP contribution is -2.33. The van der Waals surface area contributed by atoms with E-state index in [0.29, 0.717) is 0 Å². The molecule has 1 aliphatic rings. The highest BCUT2D eigenvalue weighted by Gasteiger charge is 2.35. The molecule has 0 radical (unpaired) electrons. The molecule has 1 saturated carbocycles. The minimum Gasteiger partial charge on any atom is -0.481 e. The first-order valence-corrected chi connectivity index (χ1v) is 4.70. The highest BCUT2D eigenvalue weighted by atomic mass is 16.4. The highest BCUT2D eigenvalue weighted by molar-refractivity contribution is 5.67. The van der Waals surface area contributed by atoms with Crippen LogP contribution in [0.3, 0.4) is 0 Å². The maximum atomic E-state index is 11.3. The zero-order valence-electron chi connectivity index (χ0n) is 7.90. The normalized spacial score (nSPS) is 17.6. The number of H-pyrrole nitrogens is 2. The molecule has 0 aliphatic heterocycles. The molecule has 7 heteroatoms. The third-order valence-corrected chi connectivity index (χ3v) is 2.60. The quantitative estimate of drug-likeness (QED) is 0.613. The average Bonchev–Trinajstić information content (AvgIpc) is 2.91. The summed E-state index contributed by atoms with van der Waals surface area (Å²) in [6.45, 7) is 0. The van der Waals surface area contributed by atoms with Crippen LogP contribution in [0.5, 0.6) is 0 Å². The fourth-order valence-corrected chi connectivity index (χ4v) is 1.75. The molecule has 1 fully saturated rings. The molecule has 1 aromatic rings. The van der Waals surface area contributed by atoms with Gasteiger partial charge in [0.2, 0.25) is 0 Å². The van der Waals surface area contributed by atoms with Crippen molar-refractivity contribution in [3.8, 4) is 0 Å². The van der Waals surface area contributed by atoms with E-state index in [4.69, 9.17) is 5.11 Å². The first kappa shape index (κ1) is 9.75. The molecule has 0 spiro atoms. The molecular formula is C8H11N3O4. The minimum absolute atomic E-state index is 0.135. The first-order valence-electron chi connectivity index (χ1n) is 4.70. The predicted octanol–water partition coefficient (Wildman–Crippen LogP) is -0.710. The summed E-state index contributed by atoms with van der Waals surface area (Å²) in [5, 5.41) is 13.0. The van der Waals surface area contributed by atoms with Crippen molar-refractivity contribution in [3.05, 3.63) is 21.0 Å². The molecular weight excluding hydrogens is 202 g/mol. The Morgan fingerprint density at radius 1 is 1.40 bits per heavy atom. The van der Waals surface area contributed by atoms with Gasteiger partial charge in [-0.05, 0) is 18.8 Å². The summed E-state index contributed by atoms with van der Waals surface area (Å²) in [5.41, 5.74) is -1.14. The van der Waals surface area contributed by atoms with Gasteiger partial charge < -0.3 is 5.11 Å². The van der Waals surface area contributed by atoms with Gasteiger partial charge in [-0.1, -0.05) is 0 Å². The SMILES string of the molecule is O=C(O)CC(C1CC1)n1c(=O)[nH][nH]c1=O. The van der Waals surface area contributed by atoms with Crippen LogP contribution in [0.1, 0.15) is 25.3 Å². The number of hydrogen-bond donors (Lipinski definition) is 3. The summed E-state index contributed by atoms with van der Waals surface area (Å²) in [7, 11) is 0. The van der Waals surface area contributed by atoms with Gasteiger partial charge in [0.1, 0.15) is 0 Å². The zero-order chi connectivity index (χ0) is 11.0. The Morgan fingerprint density at radius 2 is 1.93 bits per heavy atom. The number of aliphatic carboxylic acids is 1. The van der Waals surface area contributed by atoms with E-state index in [1.165, 1.54) is 0 Å². The molecule has 1 aliphatic carbocycles. The second kappa shape index (κ2) is 3.41. The van der Waals surface area contributed by atoms with Crippen molar-refractivity contribution in [2.45, 2.75) is 25.3 Å². The Kier molecular flexibility index (Phi) is 2.22. The van der Waals surface area contributed by atoms with E-state index >= 15 is 0 Å². The van der Waals surface area contributed by atoms with Gasteiger partial charge in [-0.15, -0.1) is 0 Å². The Bertz CT molecular complexity index is 451. The second-order valence-corrected chi connectivity index (χ2v) is 3.73. The van der Waals surface area contributed by atoms with Crippen molar-refractivity contribution in [3.63, 3.8) is 0 Å². The third kappa shape index (κ3) is 1.85. The monoisotopic (exact) mass is 213 g/mol. The molecule has 7 nitrogen and oxygen atoms in total. The number of rotatable bonds is 4. The summed E-state index contributed by atoms with van der Waals surface area (Å²) < 4.78 is 0.964. The summed E-state index contributed by atoms with van der Waals surface area (Å²) >= 11 is 0. The van der Waals surface area contributed by atoms with E-state index in [2.05, 4.69) is 10.2 Å². The Balaban J connectivity index is 2.36. The average molecular weight is 213 g/mol. The fraction of sp³-hybridized carbons (Fsp3) is 0.625. The van der Waals surface area contributed by atoms with Crippen molar-refractivity contribution < 1.29 is 9.90 Å². The lowest BCUT2D eigenvalue weighted by molar-refractivity contribution is -0.138. The molecule has 3 N–H and O–H groups in total. The van der Waals surface area contributed by atoms with Gasteiger partial charge in [0.15, 0.2) is 0 Å². The lowest BCUT2D eigenvalue weighted by atomic mass is 10.1. The molecule has 1 atom stereocenters. The molecule has 0 aromatic carbocycles. The van der Waals surface area contributed by atoms with Crippen LogP contribution in [-0.4, -0.2) is 25.8 Å². The number of aromatic nitrogens is 3. The van der Waals surface area contributed by atoms with E-state index in [9.17, 15) is 14.4 Å². The number of carboxylic acid groups (broad SMARTS) is 1. The smallest absolute Gasteiger partial charge is 0.344 e. The second-order valence-electron chi connectivity index (χ2n) is 3.73. The Hall–Kier alpha value is -1.79. The van der Waals surface area contributed by atoms with Crippen LogP contribution in [0.2, 0.25) is 0 Å². The molecule has 0 saturated heterocycles. The van der Waals surface area contributed by atoms with Crippen LogP contribution >= 0.6 is 0 Å². The van der Waals surface area contributed by atoms with Crippen molar-refractivity contribution in [2.75, 3.05) is 0 Å². The summed E-state index contributed by atoms with van der Waals surface area (Å²) in [6.07, 6.45) is 1.55. The summed E-state index contributed by atoms with van der Waals surface area (Å²) in [5.74, 6) is -0.866. The van der Waals surface area contributed by atoms with Gasteiger partial charge in [-0.3, -0.25) is 4.79 Å². The zero-order valence-corrected chi connectivity index (χ0v) is 7.90. The molecule has 0 bridgehead atoms. The number of carboxylic acids is 1. The number of hydrogen-bond acceptors (Lipinski definition) is 3. The van der Waals surface area contributed by atoms with E-state index in [1.54, 1.807) is 0 Å². The van der Waals surface area contributed by atoms with Crippen LogP contribution in [0.15, 0.2) is 9.59 Å². The number of nitrogens with one attached hydrogen (secondary N) is 2. The van der Waals surface area contributed by atoms with Crippen LogP contribution in [0.4, 0.5) is 0 Å². The van der Waals surface area contributed by atoms with Gasteiger partial charge in [0, 0.05) is 0 Å². The summed E-state index contributed by atoms with van der Waals surface area (Å²) in [6, 6.07) is -0.523. The molecule has 1 unspecified atom stereocenters. The number of nitrogens with zero attached hydrogens (tertiary/aromatic N) is 1. The van der Waals surface area contributed by atoms with E-state index in [-0.39, 0.29) is 12.3 Å². The van der Waals surface area contributed by atoms with Gasteiger partial charge in [0.25, 0.3) is 0 Å². The molecule has 1 aromatic heterocycles. The molecule has 15 heavy (non-hydrogen) atoms. The maximum absolute atomic E-state index is 11.3. The van der Waals surface area contributed by atoms with Crippen LogP contribution < -0.4 is 11.4 Å². The molecule has 82 valence electrons. The van der Waals surface area contributed by atoms with Gasteiger partial charge in [-0.2, -0.15) is 0 Å². The Morgan fingerprint density at radius 3 is 2.33 bits per heavy atom. The highest BCUT2D eigenvalue weighted by Crippen LogP contribution is 2.40.